The molecule has 1 amide bonds. The molecule has 0 aromatic heterocycles. The number of benzene rings is 1. The molecule has 1 N–H and O–H groups in total. The Morgan fingerprint density at radius 3 is 2.24 bits per heavy atom. The van der Waals surface area contributed by atoms with E-state index in [2.05, 4.69) is 0 Å². The molecule has 0 aliphatic heterocycles. The Balaban J connectivity index is 2.19. The minimum absolute atomic E-state index is 0.114. The van der Waals surface area contributed by atoms with Crippen LogP contribution in [0, 0.1) is 28.9 Å². The van der Waals surface area contributed by atoms with Gasteiger partial charge in [-0.25, -0.2) is 8.78 Å². The SMILES string of the molecule is CN(C)CCN(Cc1ccc(F)c(F)c1)C(=O)[C@@H]1[C@H](C(=O)O)C1(C)C. The number of hydrogen-bond acceptors (Lipinski definition) is 3. The van der Waals surface area contributed by atoms with E-state index in [9.17, 15) is 23.5 Å². The van der Waals surface area contributed by atoms with Crippen LogP contribution >= 0.6 is 0 Å². The van der Waals surface area contributed by atoms with Crippen LogP contribution in [0.5, 0.6) is 0 Å². The summed E-state index contributed by atoms with van der Waals surface area (Å²) in [5, 5.41) is 9.29. The van der Waals surface area contributed by atoms with Gasteiger partial charge >= 0.3 is 5.97 Å². The number of nitrogens with zero attached hydrogens (tertiary/aromatic N) is 2. The van der Waals surface area contributed by atoms with Crippen molar-refractivity contribution < 1.29 is 23.5 Å². The van der Waals surface area contributed by atoms with E-state index in [-0.39, 0.29) is 12.5 Å². The highest BCUT2D eigenvalue weighted by molar-refractivity contribution is 5.91. The van der Waals surface area contributed by atoms with Gasteiger partial charge in [-0.2, -0.15) is 0 Å². The van der Waals surface area contributed by atoms with E-state index >= 15 is 0 Å². The van der Waals surface area contributed by atoms with Gasteiger partial charge in [-0.05, 0) is 37.2 Å². The van der Waals surface area contributed by atoms with Crippen LogP contribution in [0.3, 0.4) is 0 Å². The summed E-state index contributed by atoms with van der Waals surface area (Å²) in [6.45, 7) is 4.60. The molecule has 1 aromatic rings. The number of carboxylic acids is 1. The van der Waals surface area contributed by atoms with Gasteiger partial charge in [-0.1, -0.05) is 19.9 Å². The Labute approximate surface area is 146 Å². The molecule has 0 saturated heterocycles. The van der Waals surface area contributed by atoms with Crippen molar-refractivity contribution in [3.05, 3.63) is 35.4 Å². The number of halogens is 2. The van der Waals surface area contributed by atoms with Gasteiger partial charge < -0.3 is 14.9 Å². The molecule has 1 aliphatic rings. The third-order valence-corrected chi connectivity index (χ3v) is 4.85. The summed E-state index contributed by atoms with van der Waals surface area (Å²) in [4.78, 5) is 27.7. The second-order valence-corrected chi connectivity index (χ2v) is 7.43. The number of likely N-dealkylation sites (N-methyl/N-ethyl adjacent to an activating group) is 1. The number of rotatable bonds is 7. The van der Waals surface area contributed by atoms with E-state index in [0.717, 1.165) is 12.1 Å². The van der Waals surface area contributed by atoms with E-state index in [1.807, 2.05) is 19.0 Å². The maximum atomic E-state index is 13.4. The highest BCUT2D eigenvalue weighted by atomic mass is 19.2. The summed E-state index contributed by atoms with van der Waals surface area (Å²) < 4.78 is 26.5. The smallest absolute Gasteiger partial charge is 0.307 e. The van der Waals surface area contributed by atoms with Gasteiger partial charge in [0.25, 0.3) is 0 Å². The lowest BCUT2D eigenvalue weighted by atomic mass is 10.1. The molecule has 5 nitrogen and oxygen atoms in total. The Kier molecular flexibility index (Phi) is 5.46. The highest BCUT2D eigenvalue weighted by Gasteiger charge is 2.66. The molecular weight excluding hydrogens is 330 g/mol. The summed E-state index contributed by atoms with van der Waals surface area (Å²) in [6.07, 6.45) is 0. The van der Waals surface area contributed by atoms with Crippen molar-refractivity contribution in [2.24, 2.45) is 17.3 Å². The van der Waals surface area contributed by atoms with Crippen molar-refractivity contribution in [1.82, 2.24) is 9.80 Å². The number of carboxylic acid groups (broad SMARTS) is 1. The first-order chi connectivity index (χ1) is 11.6. The molecule has 2 atom stereocenters. The van der Waals surface area contributed by atoms with E-state index in [1.54, 1.807) is 13.8 Å². The zero-order chi connectivity index (χ0) is 18.9. The van der Waals surface area contributed by atoms with E-state index in [4.69, 9.17) is 0 Å². The largest absolute Gasteiger partial charge is 0.481 e. The van der Waals surface area contributed by atoms with Crippen molar-refractivity contribution in [2.75, 3.05) is 27.2 Å². The molecular formula is C18H24F2N2O3. The predicted molar refractivity (Wildman–Crippen MR) is 88.7 cm³/mol. The van der Waals surface area contributed by atoms with Crippen LogP contribution in [0.1, 0.15) is 19.4 Å². The standard InChI is InChI=1S/C18H24F2N2O3/c1-18(2)14(15(18)17(24)25)16(23)22(8-7-21(3)4)10-11-5-6-12(19)13(20)9-11/h5-6,9,14-15H,7-8,10H2,1-4H3,(H,24,25)/t14-,15+/m0/s1. The van der Waals surface area contributed by atoms with Crippen molar-refractivity contribution >= 4 is 11.9 Å². The van der Waals surface area contributed by atoms with E-state index in [1.165, 1.54) is 11.0 Å². The minimum atomic E-state index is -0.983. The topological polar surface area (TPSA) is 60.9 Å². The fourth-order valence-corrected chi connectivity index (χ4v) is 3.20. The first kappa shape index (κ1) is 19.3. The molecule has 1 fully saturated rings. The number of aliphatic carboxylic acids is 1. The van der Waals surface area contributed by atoms with Crippen LogP contribution in [0.25, 0.3) is 0 Å². The van der Waals surface area contributed by atoms with Gasteiger partial charge in [0.2, 0.25) is 5.91 Å². The van der Waals surface area contributed by atoms with Crippen LogP contribution in [0.4, 0.5) is 8.78 Å². The first-order valence-electron chi connectivity index (χ1n) is 8.16. The maximum absolute atomic E-state index is 13.4. The van der Waals surface area contributed by atoms with Gasteiger partial charge in [-0.15, -0.1) is 0 Å². The summed E-state index contributed by atoms with van der Waals surface area (Å²) >= 11 is 0. The van der Waals surface area contributed by atoms with Gasteiger partial charge in [0.15, 0.2) is 11.6 Å². The van der Waals surface area contributed by atoms with Crippen LogP contribution in [-0.4, -0.2) is 54.0 Å². The van der Waals surface area contributed by atoms with Gasteiger partial charge in [-0.3, -0.25) is 9.59 Å². The van der Waals surface area contributed by atoms with E-state index < -0.39 is 34.9 Å². The number of hydrogen-bond donors (Lipinski definition) is 1. The molecule has 1 aromatic carbocycles. The maximum Gasteiger partial charge on any atom is 0.307 e. The Morgan fingerprint density at radius 1 is 1.12 bits per heavy atom. The lowest BCUT2D eigenvalue weighted by Crippen LogP contribution is -2.38. The zero-order valence-electron chi connectivity index (χ0n) is 14.9. The fraction of sp³-hybridized carbons (Fsp3) is 0.556. The second-order valence-electron chi connectivity index (χ2n) is 7.43. The molecule has 0 spiro atoms. The van der Waals surface area contributed by atoms with Crippen LogP contribution in [0.15, 0.2) is 18.2 Å². The third kappa shape index (κ3) is 4.15. The number of amides is 1. The summed E-state index contributed by atoms with van der Waals surface area (Å²) in [6, 6.07) is 3.53. The normalized spacial score (nSPS) is 21.2. The molecule has 138 valence electrons. The van der Waals surface area contributed by atoms with Crippen LogP contribution in [-0.2, 0) is 16.1 Å². The van der Waals surface area contributed by atoms with Crippen molar-refractivity contribution in [1.29, 1.82) is 0 Å². The monoisotopic (exact) mass is 354 g/mol. The quantitative estimate of drug-likeness (QED) is 0.816. The minimum Gasteiger partial charge on any atom is -0.481 e. The molecule has 2 rings (SSSR count). The molecule has 0 heterocycles. The third-order valence-electron chi connectivity index (χ3n) is 4.85. The number of carbonyl (C=O) groups excluding carboxylic acids is 1. The lowest BCUT2D eigenvalue weighted by molar-refractivity contribution is -0.142. The molecule has 7 heteroatoms. The summed E-state index contributed by atoms with van der Waals surface area (Å²) in [5.74, 6) is -4.46. The molecule has 1 aliphatic carbocycles. The fourth-order valence-electron chi connectivity index (χ4n) is 3.20. The Morgan fingerprint density at radius 2 is 1.76 bits per heavy atom. The van der Waals surface area contributed by atoms with Crippen LogP contribution in [0.2, 0.25) is 0 Å². The summed E-state index contributed by atoms with van der Waals surface area (Å²) in [7, 11) is 3.72. The Bertz CT molecular complexity index is 676. The predicted octanol–water partition coefficient (Wildman–Crippen LogP) is 2.21. The molecule has 0 unspecified atom stereocenters. The average molecular weight is 354 g/mol. The zero-order valence-corrected chi connectivity index (χ0v) is 14.9. The van der Waals surface area contributed by atoms with Crippen LogP contribution < -0.4 is 0 Å². The summed E-state index contributed by atoms with van der Waals surface area (Å²) in [5.41, 5.74) is -0.135. The highest BCUT2D eigenvalue weighted by Crippen LogP contribution is 2.59. The molecule has 0 bridgehead atoms. The lowest BCUT2D eigenvalue weighted by Gasteiger charge is -2.25. The van der Waals surface area contributed by atoms with Gasteiger partial charge in [0, 0.05) is 19.6 Å². The Hall–Kier alpha value is -2.02. The second kappa shape index (κ2) is 7.07. The van der Waals surface area contributed by atoms with Crippen molar-refractivity contribution in [3.8, 4) is 0 Å². The molecule has 1 saturated carbocycles. The van der Waals surface area contributed by atoms with Gasteiger partial charge in [0.1, 0.15) is 0 Å². The van der Waals surface area contributed by atoms with Gasteiger partial charge in [0.05, 0.1) is 11.8 Å². The molecule has 0 radical (unpaired) electrons. The molecule has 25 heavy (non-hydrogen) atoms. The average Bonchev–Trinajstić information content (AvgIpc) is 3.09. The number of carbonyl (C=O) groups is 2. The van der Waals surface area contributed by atoms with Crippen molar-refractivity contribution in [3.63, 3.8) is 0 Å². The first-order valence-corrected chi connectivity index (χ1v) is 8.16. The van der Waals surface area contributed by atoms with Crippen molar-refractivity contribution in [2.45, 2.75) is 20.4 Å². The van der Waals surface area contributed by atoms with E-state index in [0.29, 0.717) is 18.7 Å².